The maximum absolute atomic E-state index is 13.4. The number of carbonyl (C=O) groups is 1. The number of amides is 1. The third-order valence-corrected chi connectivity index (χ3v) is 6.00. The van der Waals surface area contributed by atoms with E-state index in [-0.39, 0.29) is 11.7 Å². The number of aromatic nitrogens is 1. The second-order valence-electron chi connectivity index (χ2n) is 8.39. The molecular formula is C25H28N6O2. The maximum atomic E-state index is 13.4. The molecule has 0 spiro atoms. The van der Waals surface area contributed by atoms with Gasteiger partial charge in [0.15, 0.2) is 0 Å². The minimum atomic E-state index is -0.191. The molecule has 0 saturated heterocycles. The zero-order valence-electron chi connectivity index (χ0n) is 18.4. The van der Waals surface area contributed by atoms with Crippen LogP contribution in [0.4, 0.5) is 0 Å². The van der Waals surface area contributed by atoms with Crippen molar-refractivity contribution in [3.05, 3.63) is 77.6 Å². The van der Waals surface area contributed by atoms with Crippen LogP contribution in [0.1, 0.15) is 34.3 Å². The lowest BCUT2D eigenvalue weighted by Gasteiger charge is -2.22. The first kappa shape index (κ1) is 21.2. The molecular weight excluding hydrogens is 416 g/mol. The zero-order chi connectivity index (χ0) is 22.6. The third-order valence-electron chi connectivity index (χ3n) is 6.00. The van der Waals surface area contributed by atoms with E-state index >= 15 is 0 Å². The Kier molecular flexibility index (Phi) is 6.10. The standard InChI is InChI=1S/C25H28N6O2/c26-24(9-12-28-30-29-20-6-7-20)31(13-10-19-16-27-22-4-2-1-3-21(19)22)25(32)18-5-8-23-17(15-18)11-14-33-23/h1-5,8-9,12,15-16,20,26-30H,6-7,10-11,13-14H2/b12-9-,26-24?. The zero-order valence-corrected chi connectivity index (χ0v) is 18.4. The van der Waals surface area contributed by atoms with Crippen molar-refractivity contribution in [3.63, 3.8) is 0 Å². The molecule has 2 aromatic carbocycles. The fourth-order valence-corrected chi connectivity index (χ4v) is 4.00. The Hall–Kier alpha value is -3.62. The summed E-state index contributed by atoms with van der Waals surface area (Å²) >= 11 is 0. The highest BCUT2D eigenvalue weighted by molar-refractivity contribution is 6.09. The molecule has 0 unspecified atom stereocenters. The van der Waals surface area contributed by atoms with Crippen molar-refractivity contribution in [1.82, 2.24) is 26.3 Å². The Bertz CT molecular complexity index is 1200. The molecule has 8 heteroatoms. The summed E-state index contributed by atoms with van der Waals surface area (Å²) in [6, 6.07) is 14.1. The molecule has 5 N–H and O–H groups in total. The fourth-order valence-electron chi connectivity index (χ4n) is 4.00. The van der Waals surface area contributed by atoms with Gasteiger partial charge in [0.2, 0.25) is 0 Å². The van der Waals surface area contributed by atoms with Gasteiger partial charge >= 0.3 is 0 Å². The first-order valence-electron chi connectivity index (χ1n) is 11.3. The second-order valence-corrected chi connectivity index (χ2v) is 8.39. The first-order chi connectivity index (χ1) is 16.2. The number of nitrogens with zero attached hydrogens (tertiary/aromatic N) is 1. The molecule has 1 amide bonds. The highest BCUT2D eigenvalue weighted by Gasteiger charge is 2.22. The Labute approximate surface area is 192 Å². The normalized spacial score (nSPS) is 14.9. The molecule has 2 heterocycles. The van der Waals surface area contributed by atoms with Crippen LogP contribution in [0, 0.1) is 5.41 Å². The molecule has 170 valence electrons. The van der Waals surface area contributed by atoms with Crippen LogP contribution in [0.5, 0.6) is 5.75 Å². The van der Waals surface area contributed by atoms with Gasteiger partial charge in [-0.25, -0.2) is 5.43 Å². The number of carbonyl (C=O) groups excluding carboxylic acids is 1. The van der Waals surface area contributed by atoms with Crippen LogP contribution in [0.25, 0.3) is 10.9 Å². The molecule has 33 heavy (non-hydrogen) atoms. The maximum Gasteiger partial charge on any atom is 0.259 e. The minimum Gasteiger partial charge on any atom is -0.493 e. The number of hydrogen-bond acceptors (Lipinski definition) is 6. The summed E-state index contributed by atoms with van der Waals surface area (Å²) in [5, 5.41) is 9.74. The predicted molar refractivity (Wildman–Crippen MR) is 128 cm³/mol. The van der Waals surface area contributed by atoms with E-state index in [1.165, 1.54) is 4.90 Å². The summed E-state index contributed by atoms with van der Waals surface area (Å²) in [5.41, 5.74) is 12.7. The van der Waals surface area contributed by atoms with Crippen molar-refractivity contribution in [2.24, 2.45) is 0 Å². The minimum absolute atomic E-state index is 0.123. The number of H-pyrrole nitrogens is 1. The number of amidine groups is 1. The first-order valence-corrected chi connectivity index (χ1v) is 11.3. The van der Waals surface area contributed by atoms with Crippen LogP contribution in [0.2, 0.25) is 0 Å². The Morgan fingerprint density at radius 1 is 1.24 bits per heavy atom. The van der Waals surface area contributed by atoms with Gasteiger partial charge in [0.05, 0.1) is 6.61 Å². The highest BCUT2D eigenvalue weighted by Crippen LogP contribution is 2.26. The van der Waals surface area contributed by atoms with E-state index in [0.717, 1.165) is 47.0 Å². The lowest BCUT2D eigenvalue weighted by molar-refractivity contribution is 0.0848. The molecule has 3 aromatic rings. The molecule has 0 bridgehead atoms. The van der Waals surface area contributed by atoms with Crippen molar-refractivity contribution >= 4 is 22.6 Å². The molecule has 8 nitrogen and oxygen atoms in total. The summed E-state index contributed by atoms with van der Waals surface area (Å²) in [4.78, 5) is 18.3. The van der Waals surface area contributed by atoms with Gasteiger partial charge in [-0.2, -0.15) is 5.53 Å². The molecule has 1 fully saturated rings. The van der Waals surface area contributed by atoms with Gasteiger partial charge in [-0.05, 0) is 60.7 Å². The van der Waals surface area contributed by atoms with Crippen LogP contribution in [-0.2, 0) is 12.8 Å². The van der Waals surface area contributed by atoms with Crippen molar-refractivity contribution in [2.75, 3.05) is 13.2 Å². The van der Waals surface area contributed by atoms with Crippen molar-refractivity contribution in [1.29, 1.82) is 5.41 Å². The van der Waals surface area contributed by atoms with Crippen molar-refractivity contribution in [3.8, 4) is 5.75 Å². The van der Waals surface area contributed by atoms with Gasteiger partial charge in [0, 0.05) is 47.9 Å². The number of nitrogens with one attached hydrogen (secondary N) is 5. The third kappa shape index (κ3) is 4.92. The Balaban J connectivity index is 1.31. The SMILES string of the molecule is N=C(/C=C\NNNC1CC1)N(CCc1c[nH]c2ccccc12)C(=O)c1ccc2c(c1)CCO2. The van der Waals surface area contributed by atoms with Crippen molar-refractivity contribution in [2.45, 2.75) is 31.7 Å². The second kappa shape index (κ2) is 9.48. The number of ether oxygens (including phenoxy) is 1. The smallest absolute Gasteiger partial charge is 0.259 e. The molecule has 1 aromatic heterocycles. The highest BCUT2D eigenvalue weighted by atomic mass is 16.5. The van der Waals surface area contributed by atoms with Gasteiger partial charge < -0.3 is 15.1 Å². The summed E-state index contributed by atoms with van der Waals surface area (Å²) in [6.07, 6.45) is 8.95. The van der Waals surface area contributed by atoms with Crippen LogP contribution < -0.4 is 21.1 Å². The number of rotatable bonds is 9. The van der Waals surface area contributed by atoms with Crippen LogP contribution in [-0.4, -0.2) is 40.8 Å². The van der Waals surface area contributed by atoms with Crippen LogP contribution in [0.15, 0.2) is 60.9 Å². The summed E-state index contributed by atoms with van der Waals surface area (Å²) in [6.45, 7) is 1.04. The average molecular weight is 445 g/mol. The number of hydrogen-bond donors (Lipinski definition) is 5. The molecule has 0 atom stereocenters. The van der Waals surface area contributed by atoms with Gasteiger partial charge in [-0.1, -0.05) is 18.2 Å². The lowest BCUT2D eigenvalue weighted by atomic mass is 10.1. The molecule has 1 aliphatic heterocycles. The average Bonchev–Trinajstić information content (AvgIpc) is 3.38. The largest absolute Gasteiger partial charge is 0.493 e. The van der Waals surface area contributed by atoms with E-state index in [1.54, 1.807) is 18.3 Å². The number of benzene rings is 2. The topological polar surface area (TPSA) is 105 Å². The Morgan fingerprint density at radius 2 is 2.12 bits per heavy atom. The number of aromatic amines is 1. The van der Waals surface area contributed by atoms with Gasteiger partial charge in [0.1, 0.15) is 11.6 Å². The number of para-hydroxylation sites is 1. The van der Waals surface area contributed by atoms with E-state index < -0.39 is 0 Å². The number of fused-ring (bicyclic) bond motifs is 2. The molecule has 1 aliphatic carbocycles. The monoisotopic (exact) mass is 444 g/mol. The quantitative estimate of drug-likeness (QED) is 0.151. The molecule has 2 aliphatic rings. The van der Waals surface area contributed by atoms with Gasteiger partial charge in [0.25, 0.3) is 5.91 Å². The lowest BCUT2D eigenvalue weighted by Crippen LogP contribution is -2.42. The van der Waals surface area contributed by atoms with E-state index in [4.69, 9.17) is 10.1 Å². The summed E-state index contributed by atoms with van der Waals surface area (Å²) in [5.74, 6) is 0.769. The van der Waals surface area contributed by atoms with E-state index in [2.05, 4.69) is 27.4 Å². The van der Waals surface area contributed by atoms with E-state index in [1.807, 2.05) is 36.5 Å². The van der Waals surface area contributed by atoms with Crippen LogP contribution >= 0.6 is 0 Å². The summed E-state index contributed by atoms with van der Waals surface area (Å²) in [7, 11) is 0. The number of hydrazine groups is 2. The molecule has 1 saturated carbocycles. The molecule has 5 rings (SSSR count). The van der Waals surface area contributed by atoms with E-state index in [0.29, 0.717) is 31.2 Å². The summed E-state index contributed by atoms with van der Waals surface area (Å²) < 4.78 is 5.57. The Morgan fingerprint density at radius 3 is 3.00 bits per heavy atom. The van der Waals surface area contributed by atoms with Crippen LogP contribution in [0.3, 0.4) is 0 Å². The van der Waals surface area contributed by atoms with E-state index in [9.17, 15) is 4.79 Å². The van der Waals surface area contributed by atoms with Gasteiger partial charge in [-0.15, -0.1) is 0 Å². The molecule has 0 radical (unpaired) electrons. The fraction of sp³-hybridized carbons (Fsp3) is 0.280. The predicted octanol–water partition coefficient (Wildman–Crippen LogP) is 3.04. The van der Waals surface area contributed by atoms with Crippen molar-refractivity contribution < 1.29 is 9.53 Å². The van der Waals surface area contributed by atoms with Gasteiger partial charge in [-0.3, -0.25) is 15.1 Å².